The van der Waals surface area contributed by atoms with E-state index in [4.69, 9.17) is 4.74 Å². The second-order valence-electron chi connectivity index (χ2n) is 7.21. The van der Waals surface area contributed by atoms with E-state index in [1.165, 1.54) is 0 Å². The predicted molar refractivity (Wildman–Crippen MR) is 117 cm³/mol. The minimum absolute atomic E-state index is 0.00938. The van der Waals surface area contributed by atoms with Crippen molar-refractivity contribution in [2.45, 2.75) is 11.3 Å². The standard InChI is InChI=1S/C22H25N3O3S/c1-29-18-6-4-5-17(14-18)25-15-16(13-21(25)26)22(27)23-19-7-2-3-8-20(19)24-9-11-28-12-10-24/h2-8,14,16H,9-13,15H2,1H3,(H,23,27). The van der Waals surface area contributed by atoms with Crippen LogP contribution in [0.3, 0.4) is 0 Å². The number of amides is 2. The predicted octanol–water partition coefficient (Wildman–Crippen LogP) is 3.24. The van der Waals surface area contributed by atoms with Crippen molar-refractivity contribution in [3.05, 3.63) is 48.5 Å². The molecule has 2 heterocycles. The van der Waals surface area contributed by atoms with E-state index in [9.17, 15) is 9.59 Å². The molecule has 1 N–H and O–H groups in total. The van der Waals surface area contributed by atoms with Crippen molar-refractivity contribution in [1.82, 2.24) is 0 Å². The molecule has 0 aliphatic carbocycles. The number of nitrogens with zero attached hydrogens (tertiary/aromatic N) is 2. The van der Waals surface area contributed by atoms with E-state index in [0.717, 1.165) is 35.0 Å². The molecule has 0 aromatic heterocycles. The lowest BCUT2D eigenvalue weighted by Gasteiger charge is -2.30. The van der Waals surface area contributed by atoms with E-state index in [0.29, 0.717) is 19.8 Å². The Kier molecular flexibility index (Phi) is 6.06. The molecule has 0 spiro atoms. The number of rotatable bonds is 5. The molecule has 29 heavy (non-hydrogen) atoms. The first-order chi connectivity index (χ1) is 14.2. The average Bonchev–Trinajstić information content (AvgIpc) is 3.16. The lowest BCUT2D eigenvalue weighted by Crippen LogP contribution is -2.37. The van der Waals surface area contributed by atoms with Crippen LogP contribution in [0.25, 0.3) is 0 Å². The molecule has 6 nitrogen and oxygen atoms in total. The number of hydrogen-bond donors (Lipinski definition) is 1. The van der Waals surface area contributed by atoms with Gasteiger partial charge in [0.05, 0.1) is 30.5 Å². The number of thioether (sulfide) groups is 1. The minimum atomic E-state index is -0.363. The maximum absolute atomic E-state index is 13.0. The summed E-state index contributed by atoms with van der Waals surface area (Å²) in [6.45, 7) is 3.37. The van der Waals surface area contributed by atoms with Crippen molar-refractivity contribution in [1.29, 1.82) is 0 Å². The summed E-state index contributed by atoms with van der Waals surface area (Å²) in [6, 6.07) is 15.7. The van der Waals surface area contributed by atoms with Crippen LogP contribution in [0.1, 0.15) is 6.42 Å². The second-order valence-corrected chi connectivity index (χ2v) is 8.09. The van der Waals surface area contributed by atoms with Crippen LogP contribution in [0.4, 0.5) is 17.1 Å². The second kappa shape index (κ2) is 8.88. The first kappa shape index (κ1) is 19.8. The Hall–Kier alpha value is -2.51. The number of anilines is 3. The van der Waals surface area contributed by atoms with Gasteiger partial charge < -0.3 is 19.9 Å². The fourth-order valence-corrected chi connectivity index (χ4v) is 4.26. The van der Waals surface area contributed by atoms with Crippen LogP contribution < -0.4 is 15.1 Å². The first-order valence-corrected chi connectivity index (χ1v) is 11.0. The summed E-state index contributed by atoms with van der Waals surface area (Å²) in [4.78, 5) is 30.6. The van der Waals surface area contributed by atoms with Crippen LogP contribution >= 0.6 is 11.8 Å². The van der Waals surface area contributed by atoms with Crippen molar-refractivity contribution in [2.24, 2.45) is 5.92 Å². The Labute approximate surface area is 175 Å². The Morgan fingerprint density at radius 2 is 1.93 bits per heavy atom. The number of nitrogens with one attached hydrogen (secondary N) is 1. The van der Waals surface area contributed by atoms with Crippen molar-refractivity contribution in [3.8, 4) is 0 Å². The molecule has 2 aromatic rings. The van der Waals surface area contributed by atoms with Gasteiger partial charge in [0.25, 0.3) is 0 Å². The highest BCUT2D eigenvalue weighted by atomic mass is 32.2. The summed E-state index contributed by atoms with van der Waals surface area (Å²) >= 11 is 1.64. The van der Waals surface area contributed by atoms with Gasteiger partial charge in [-0.15, -0.1) is 11.8 Å². The number of ether oxygens (including phenoxy) is 1. The lowest BCUT2D eigenvalue weighted by molar-refractivity contribution is -0.122. The molecule has 2 saturated heterocycles. The zero-order valence-electron chi connectivity index (χ0n) is 16.5. The summed E-state index contributed by atoms with van der Waals surface area (Å²) in [6.07, 6.45) is 2.24. The Morgan fingerprint density at radius 1 is 1.14 bits per heavy atom. The van der Waals surface area contributed by atoms with Gasteiger partial charge >= 0.3 is 0 Å². The minimum Gasteiger partial charge on any atom is -0.378 e. The summed E-state index contributed by atoms with van der Waals surface area (Å²) in [5.41, 5.74) is 2.64. The third-order valence-electron chi connectivity index (χ3n) is 5.37. The van der Waals surface area contributed by atoms with Gasteiger partial charge in [0.2, 0.25) is 11.8 Å². The zero-order valence-corrected chi connectivity index (χ0v) is 17.3. The molecular formula is C22H25N3O3S. The monoisotopic (exact) mass is 411 g/mol. The third kappa shape index (κ3) is 4.41. The van der Waals surface area contributed by atoms with Gasteiger partial charge in [-0.1, -0.05) is 18.2 Å². The molecule has 2 fully saturated rings. The molecule has 1 unspecified atom stereocenters. The Morgan fingerprint density at radius 3 is 2.72 bits per heavy atom. The smallest absolute Gasteiger partial charge is 0.229 e. The van der Waals surface area contributed by atoms with E-state index < -0.39 is 0 Å². The molecule has 2 aliphatic rings. The number of morpholine rings is 1. The number of hydrogen-bond acceptors (Lipinski definition) is 5. The van der Waals surface area contributed by atoms with Gasteiger partial charge in [-0.2, -0.15) is 0 Å². The fraction of sp³-hybridized carbons (Fsp3) is 0.364. The SMILES string of the molecule is CSc1cccc(N2CC(C(=O)Nc3ccccc3N3CCOCC3)CC2=O)c1. The number of carbonyl (C=O) groups excluding carboxylic acids is 2. The topological polar surface area (TPSA) is 61.9 Å². The van der Waals surface area contributed by atoms with Gasteiger partial charge in [-0.25, -0.2) is 0 Å². The van der Waals surface area contributed by atoms with Crippen LogP contribution in [0.5, 0.6) is 0 Å². The van der Waals surface area contributed by atoms with Crippen LogP contribution in [-0.2, 0) is 14.3 Å². The summed E-state index contributed by atoms with van der Waals surface area (Å²) < 4.78 is 5.43. The zero-order chi connectivity index (χ0) is 20.2. The van der Waals surface area contributed by atoms with E-state index >= 15 is 0 Å². The van der Waals surface area contributed by atoms with Crippen LogP contribution in [-0.4, -0.2) is 50.9 Å². The van der Waals surface area contributed by atoms with Crippen LogP contribution in [0.15, 0.2) is 53.4 Å². The molecule has 1 atom stereocenters. The van der Waals surface area contributed by atoms with Gasteiger partial charge in [0.1, 0.15) is 0 Å². The molecule has 0 radical (unpaired) electrons. The highest BCUT2D eigenvalue weighted by Crippen LogP contribution is 2.31. The molecule has 152 valence electrons. The molecular weight excluding hydrogens is 386 g/mol. The highest BCUT2D eigenvalue weighted by molar-refractivity contribution is 7.98. The van der Waals surface area contributed by atoms with Crippen molar-refractivity contribution in [3.63, 3.8) is 0 Å². The van der Waals surface area contributed by atoms with Gasteiger partial charge in [-0.05, 0) is 36.6 Å². The van der Waals surface area contributed by atoms with Crippen LogP contribution in [0.2, 0.25) is 0 Å². The van der Waals surface area contributed by atoms with E-state index in [2.05, 4.69) is 10.2 Å². The lowest BCUT2D eigenvalue weighted by atomic mass is 10.1. The molecule has 2 aromatic carbocycles. The van der Waals surface area contributed by atoms with E-state index in [1.807, 2.05) is 54.8 Å². The van der Waals surface area contributed by atoms with Gasteiger partial charge in [0, 0.05) is 36.6 Å². The fourth-order valence-electron chi connectivity index (χ4n) is 3.81. The summed E-state index contributed by atoms with van der Waals surface area (Å²) in [7, 11) is 0. The Bertz CT molecular complexity index is 898. The quantitative estimate of drug-likeness (QED) is 0.766. The molecule has 0 saturated carbocycles. The first-order valence-electron chi connectivity index (χ1n) is 9.82. The van der Waals surface area contributed by atoms with Crippen molar-refractivity contribution in [2.75, 3.05) is 54.2 Å². The highest BCUT2D eigenvalue weighted by Gasteiger charge is 2.35. The number of para-hydroxylation sites is 2. The van der Waals surface area contributed by atoms with Crippen LogP contribution in [0, 0.1) is 5.92 Å². The molecule has 2 aliphatic heterocycles. The maximum Gasteiger partial charge on any atom is 0.229 e. The van der Waals surface area contributed by atoms with Gasteiger partial charge in [0.15, 0.2) is 0 Å². The largest absolute Gasteiger partial charge is 0.378 e. The van der Waals surface area contributed by atoms with Crippen molar-refractivity contribution >= 4 is 40.6 Å². The average molecular weight is 412 g/mol. The molecule has 4 rings (SSSR count). The summed E-state index contributed by atoms with van der Waals surface area (Å²) in [5.74, 6) is -0.481. The van der Waals surface area contributed by atoms with Crippen molar-refractivity contribution < 1.29 is 14.3 Å². The molecule has 7 heteroatoms. The van der Waals surface area contributed by atoms with E-state index in [1.54, 1.807) is 16.7 Å². The van der Waals surface area contributed by atoms with E-state index in [-0.39, 0.29) is 24.2 Å². The molecule has 0 bridgehead atoms. The Balaban J connectivity index is 1.46. The van der Waals surface area contributed by atoms with Gasteiger partial charge in [-0.3, -0.25) is 9.59 Å². The molecule has 2 amide bonds. The number of carbonyl (C=O) groups is 2. The summed E-state index contributed by atoms with van der Waals surface area (Å²) in [5, 5.41) is 3.06. The third-order valence-corrected chi connectivity index (χ3v) is 6.10. The maximum atomic E-state index is 13.0. The number of benzene rings is 2. The normalized spacial score (nSPS) is 19.5.